The maximum Gasteiger partial charge on any atom is 0.160 e. The smallest absolute Gasteiger partial charge is 0.160 e. The summed E-state index contributed by atoms with van der Waals surface area (Å²) < 4.78 is 22.4. The lowest BCUT2D eigenvalue weighted by Gasteiger charge is -2.08. The fourth-order valence-corrected chi connectivity index (χ4v) is 1.86. The molecule has 0 aliphatic rings. The third kappa shape index (κ3) is 3.22. The zero-order chi connectivity index (χ0) is 14.7. The maximum absolute atomic E-state index is 13.9. The molecule has 0 radical (unpaired) electrons. The molecule has 0 bridgehead atoms. The van der Waals surface area contributed by atoms with E-state index < -0.39 is 5.82 Å². The lowest BCUT2D eigenvalue weighted by molar-refractivity contribution is 0.336. The highest BCUT2D eigenvalue weighted by Gasteiger charge is 2.11. The molecule has 0 amide bonds. The van der Waals surface area contributed by atoms with Crippen molar-refractivity contribution in [3.63, 3.8) is 0 Å². The third-order valence-corrected chi connectivity index (χ3v) is 3.01. The third-order valence-electron chi connectivity index (χ3n) is 2.80. The van der Waals surface area contributed by atoms with Crippen LogP contribution < -0.4 is 9.04 Å². The Hall–Kier alpha value is -1.76. The minimum Gasteiger partial charge on any atom is -0.492 e. The number of rotatable bonds is 5. The SMILES string of the molecule is CCOc1cnc(Cn2nc(N(C)S)cc2C)c(F)c1. The number of hydrogen-bond donors (Lipinski definition) is 1. The summed E-state index contributed by atoms with van der Waals surface area (Å²) in [4.78, 5) is 4.09. The van der Waals surface area contributed by atoms with Gasteiger partial charge in [-0.1, -0.05) is 12.8 Å². The molecule has 0 saturated carbocycles. The topological polar surface area (TPSA) is 43.2 Å². The highest BCUT2D eigenvalue weighted by Crippen LogP contribution is 2.18. The van der Waals surface area contributed by atoms with Crippen LogP contribution in [0.2, 0.25) is 0 Å². The van der Waals surface area contributed by atoms with Crippen molar-refractivity contribution in [3.8, 4) is 5.75 Å². The van der Waals surface area contributed by atoms with Crippen LogP contribution in [0.25, 0.3) is 0 Å². The molecule has 0 saturated heterocycles. The highest BCUT2D eigenvalue weighted by molar-refractivity contribution is 7.81. The van der Waals surface area contributed by atoms with Crippen molar-refractivity contribution < 1.29 is 9.13 Å². The average Bonchev–Trinajstić information content (AvgIpc) is 2.75. The van der Waals surface area contributed by atoms with Crippen LogP contribution in [0.5, 0.6) is 5.75 Å². The Balaban J connectivity index is 2.21. The van der Waals surface area contributed by atoms with Gasteiger partial charge < -0.3 is 9.04 Å². The Morgan fingerprint density at radius 3 is 2.75 bits per heavy atom. The first kappa shape index (κ1) is 14.6. The molecule has 0 spiro atoms. The van der Waals surface area contributed by atoms with E-state index in [2.05, 4.69) is 22.9 Å². The summed E-state index contributed by atoms with van der Waals surface area (Å²) in [6, 6.07) is 3.22. The fourth-order valence-electron chi connectivity index (χ4n) is 1.76. The molecular formula is C13H17FN4OS. The molecule has 2 aromatic heterocycles. The van der Waals surface area contributed by atoms with E-state index in [-0.39, 0.29) is 6.54 Å². The van der Waals surface area contributed by atoms with E-state index in [0.29, 0.717) is 23.9 Å². The Kier molecular flexibility index (Phi) is 4.49. The van der Waals surface area contributed by atoms with Crippen LogP contribution in [-0.2, 0) is 6.54 Å². The maximum atomic E-state index is 13.9. The van der Waals surface area contributed by atoms with E-state index in [1.165, 1.54) is 12.3 Å². The van der Waals surface area contributed by atoms with Crippen LogP contribution in [0.1, 0.15) is 18.3 Å². The van der Waals surface area contributed by atoms with Gasteiger partial charge in [-0.2, -0.15) is 5.10 Å². The molecule has 0 aliphatic heterocycles. The van der Waals surface area contributed by atoms with E-state index in [9.17, 15) is 4.39 Å². The van der Waals surface area contributed by atoms with Gasteiger partial charge in [0, 0.05) is 24.9 Å². The number of halogens is 1. The molecule has 2 aromatic rings. The van der Waals surface area contributed by atoms with E-state index in [1.54, 1.807) is 16.0 Å². The second-order valence-corrected chi connectivity index (χ2v) is 4.96. The molecule has 7 heteroatoms. The van der Waals surface area contributed by atoms with Gasteiger partial charge in [-0.15, -0.1) is 0 Å². The largest absolute Gasteiger partial charge is 0.492 e. The van der Waals surface area contributed by atoms with Crippen molar-refractivity contribution in [1.29, 1.82) is 0 Å². The molecule has 0 N–H and O–H groups in total. The zero-order valence-electron chi connectivity index (χ0n) is 11.7. The van der Waals surface area contributed by atoms with Crippen LogP contribution >= 0.6 is 12.8 Å². The van der Waals surface area contributed by atoms with Crippen LogP contribution in [-0.4, -0.2) is 28.4 Å². The van der Waals surface area contributed by atoms with Gasteiger partial charge in [0.25, 0.3) is 0 Å². The summed E-state index contributed by atoms with van der Waals surface area (Å²) in [5.74, 6) is 0.741. The van der Waals surface area contributed by atoms with E-state index >= 15 is 0 Å². The first-order chi connectivity index (χ1) is 9.51. The number of ether oxygens (including phenoxy) is 1. The summed E-state index contributed by atoms with van der Waals surface area (Å²) >= 11 is 4.18. The van der Waals surface area contributed by atoms with Gasteiger partial charge in [-0.05, 0) is 13.8 Å². The van der Waals surface area contributed by atoms with Crippen LogP contribution in [0.4, 0.5) is 10.2 Å². The number of aryl methyl sites for hydroxylation is 1. The zero-order valence-corrected chi connectivity index (χ0v) is 12.6. The number of hydrogen-bond acceptors (Lipinski definition) is 5. The Morgan fingerprint density at radius 2 is 2.20 bits per heavy atom. The molecular weight excluding hydrogens is 279 g/mol. The molecule has 0 atom stereocenters. The molecule has 0 unspecified atom stereocenters. The second kappa shape index (κ2) is 6.13. The predicted molar refractivity (Wildman–Crippen MR) is 78.8 cm³/mol. The summed E-state index contributed by atoms with van der Waals surface area (Å²) in [6.45, 7) is 4.50. The predicted octanol–water partition coefficient (Wildman–Crippen LogP) is 2.45. The number of anilines is 1. The van der Waals surface area contributed by atoms with Gasteiger partial charge in [0.2, 0.25) is 0 Å². The Labute approximate surface area is 122 Å². The summed E-state index contributed by atoms with van der Waals surface area (Å²) in [6.07, 6.45) is 1.52. The van der Waals surface area contributed by atoms with Gasteiger partial charge in [0.05, 0.1) is 25.0 Å². The lowest BCUT2D eigenvalue weighted by Crippen LogP contribution is -2.09. The highest BCUT2D eigenvalue weighted by atomic mass is 32.1. The molecule has 2 rings (SSSR count). The van der Waals surface area contributed by atoms with Crippen molar-refractivity contribution in [1.82, 2.24) is 14.8 Å². The first-order valence-corrected chi connectivity index (χ1v) is 6.65. The lowest BCUT2D eigenvalue weighted by atomic mass is 10.3. The van der Waals surface area contributed by atoms with Gasteiger partial charge >= 0.3 is 0 Å². The molecule has 0 aromatic carbocycles. The molecule has 20 heavy (non-hydrogen) atoms. The normalized spacial score (nSPS) is 10.7. The van der Waals surface area contributed by atoms with E-state index in [1.807, 2.05) is 19.9 Å². The van der Waals surface area contributed by atoms with Crippen molar-refractivity contribution in [3.05, 3.63) is 35.5 Å². The average molecular weight is 296 g/mol. The summed E-state index contributed by atoms with van der Waals surface area (Å²) in [5, 5.41) is 4.33. The second-order valence-electron chi connectivity index (χ2n) is 4.36. The van der Waals surface area contributed by atoms with Gasteiger partial charge in [-0.25, -0.2) is 4.39 Å². The Morgan fingerprint density at radius 1 is 1.45 bits per heavy atom. The van der Waals surface area contributed by atoms with E-state index in [0.717, 1.165) is 5.69 Å². The van der Waals surface area contributed by atoms with Crippen LogP contribution in [0, 0.1) is 12.7 Å². The monoisotopic (exact) mass is 296 g/mol. The van der Waals surface area contributed by atoms with Crippen molar-refractivity contribution in [2.24, 2.45) is 0 Å². The standard InChI is InChI=1S/C13H17FN4OS/c1-4-19-10-6-11(14)12(15-7-10)8-18-9(2)5-13(16-18)17(3)20/h5-7,20H,4,8H2,1-3H3. The van der Waals surface area contributed by atoms with Crippen molar-refractivity contribution in [2.45, 2.75) is 20.4 Å². The fraction of sp³-hybridized carbons (Fsp3) is 0.385. The Bertz CT molecular complexity index is 600. The molecule has 0 fully saturated rings. The molecule has 5 nitrogen and oxygen atoms in total. The summed E-state index contributed by atoms with van der Waals surface area (Å²) in [7, 11) is 1.78. The number of aromatic nitrogens is 3. The first-order valence-electron chi connectivity index (χ1n) is 6.25. The van der Waals surface area contributed by atoms with E-state index in [4.69, 9.17) is 4.74 Å². The van der Waals surface area contributed by atoms with Gasteiger partial charge in [-0.3, -0.25) is 9.67 Å². The quantitative estimate of drug-likeness (QED) is 0.861. The van der Waals surface area contributed by atoms with Gasteiger partial charge in [0.1, 0.15) is 11.6 Å². The minimum atomic E-state index is -0.397. The minimum absolute atomic E-state index is 0.270. The van der Waals surface area contributed by atoms with Crippen molar-refractivity contribution >= 4 is 18.6 Å². The van der Waals surface area contributed by atoms with Crippen LogP contribution in [0.15, 0.2) is 18.3 Å². The van der Waals surface area contributed by atoms with Crippen molar-refractivity contribution in [2.75, 3.05) is 18.0 Å². The number of nitrogens with zero attached hydrogens (tertiary/aromatic N) is 4. The summed E-state index contributed by atoms with van der Waals surface area (Å²) in [5.41, 5.74) is 1.24. The molecule has 108 valence electrons. The molecule has 0 aliphatic carbocycles. The number of thiol groups is 1. The number of pyridine rings is 1. The van der Waals surface area contributed by atoms with Crippen LogP contribution in [0.3, 0.4) is 0 Å². The molecule has 2 heterocycles. The van der Waals surface area contributed by atoms with Gasteiger partial charge in [0.15, 0.2) is 5.82 Å².